The number of piperidine rings is 1. The summed E-state index contributed by atoms with van der Waals surface area (Å²) in [4.78, 5) is 40.2. The third-order valence-corrected chi connectivity index (χ3v) is 7.69. The van der Waals surface area contributed by atoms with E-state index in [0.717, 1.165) is 12.1 Å². The number of benzene rings is 3. The number of tetrazole rings is 1. The van der Waals surface area contributed by atoms with Crippen molar-refractivity contribution in [2.75, 3.05) is 6.54 Å². The molecule has 226 valence electrons. The van der Waals surface area contributed by atoms with Crippen molar-refractivity contribution in [3.8, 4) is 5.69 Å². The van der Waals surface area contributed by atoms with Gasteiger partial charge in [-0.15, -0.1) is 5.10 Å². The summed E-state index contributed by atoms with van der Waals surface area (Å²) < 4.78 is 42.2. The van der Waals surface area contributed by atoms with Gasteiger partial charge in [0.05, 0.1) is 22.9 Å². The molecule has 4 aromatic rings. The molecule has 9 nitrogen and oxygen atoms in total. The number of carbonyl (C=O) groups excluding carboxylic acids is 2. The summed E-state index contributed by atoms with van der Waals surface area (Å²) in [6.07, 6.45) is 0.311. The molecule has 0 bridgehead atoms. The molecule has 1 aromatic heterocycles. The number of rotatable bonds is 8. The molecule has 1 amide bonds. The summed E-state index contributed by atoms with van der Waals surface area (Å²) in [6, 6.07) is 14.5. The number of hydrogen-bond acceptors (Lipinski definition) is 6. The van der Waals surface area contributed by atoms with Gasteiger partial charge in [-0.3, -0.25) is 9.59 Å². The Morgan fingerprint density at radius 3 is 2.50 bits per heavy atom. The zero-order chi connectivity index (χ0) is 31.4. The van der Waals surface area contributed by atoms with Crippen LogP contribution in [0, 0.1) is 0 Å². The molecule has 3 aromatic carbocycles. The predicted molar refractivity (Wildman–Crippen MR) is 154 cm³/mol. The molecule has 2 heterocycles. The van der Waals surface area contributed by atoms with Crippen molar-refractivity contribution in [2.24, 2.45) is 0 Å². The fourth-order valence-electron chi connectivity index (χ4n) is 5.40. The van der Waals surface area contributed by atoms with Gasteiger partial charge in [-0.2, -0.15) is 17.9 Å². The van der Waals surface area contributed by atoms with Crippen LogP contribution in [0.1, 0.15) is 51.4 Å². The van der Waals surface area contributed by atoms with Crippen LogP contribution in [0.5, 0.6) is 0 Å². The van der Waals surface area contributed by atoms with Gasteiger partial charge in [0.15, 0.2) is 5.78 Å². The van der Waals surface area contributed by atoms with Crippen LogP contribution in [0.25, 0.3) is 11.8 Å². The first-order valence-electron chi connectivity index (χ1n) is 13.5. The van der Waals surface area contributed by atoms with Crippen molar-refractivity contribution in [3.05, 3.63) is 112 Å². The fraction of sp³-hybridized carbons (Fsp3) is 0.226. The number of carboxylic acid groups (broad SMARTS) is 1. The summed E-state index contributed by atoms with van der Waals surface area (Å²) in [6.45, 7) is 0.211. The number of carbonyl (C=O) groups is 3. The largest absolute Gasteiger partial charge is 0.478 e. The highest BCUT2D eigenvalue weighted by atomic mass is 35.5. The van der Waals surface area contributed by atoms with Gasteiger partial charge in [-0.05, 0) is 76.9 Å². The molecule has 1 fully saturated rings. The van der Waals surface area contributed by atoms with Gasteiger partial charge in [0.1, 0.15) is 6.33 Å². The minimum Gasteiger partial charge on any atom is -0.478 e. The Kier molecular flexibility index (Phi) is 8.91. The molecule has 2 atom stereocenters. The second-order valence-electron chi connectivity index (χ2n) is 10.3. The van der Waals surface area contributed by atoms with Gasteiger partial charge in [0.2, 0.25) is 5.91 Å². The van der Waals surface area contributed by atoms with Gasteiger partial charge in [0, 0.05) is 35.5 Å². The van der Waals surface area contributed by atoms with Crippen molar-refractivity contribution in [1.82, 2.24) is 25.1 Å². The summed E-state index contributed by atoms with van der Waals surface area (Å²) >= 11 is 6.20. The molecule has 0 radical (unpaired) electrons. The third kappa shape index (κ3) is 6.86. The van der Waals surface area contributed by atoms with E-state index in [0.29, 0.717) is 40.2 Å². The molecule has 1 aliphatic rings. The maximum atomic E-state index is 13.9. The van der Waals surface area contributed by atoms with Crippen molar-refractivity contribution < 1.29 is 32.7 Å². The number of halogens is 4. The molecule has 0 aliphatic carbocycles. The van der Waals surface area contributed by atoms with Crippen LogP contribution in [0.4, 0.5) is 13.2 Å². The lowest BCUT2D eigenvalue weighted by molar-refractivity contribution is -0.139. The molecule has 2 unspecified atom stereocenters. The van der Waals surface area contributed by atoms with Crippen LogP contribution in [-0.2, 0) is 22.2 Å². The number of amides is 1. The van der Waals surface area contributed by atoms with Crippen LogP contribution in [0.2, 0.25) is 5.02 Å². The van der Waals surface area contributed by atoms with Gasteiger partial charge in [-0.25, -0.2) is 4.79 Å². The van der Waals surface area contributed by atoms with E-state index in [1.54, 1.807) is 18.2 Å². The molecule has 13 heteroatoms. The van der Waals surface area contributed by atoms with Crippen molar-refractivity contribution in [3.63, 3.8) is 0 Å². The Morgan fingerprint density at radius 2 is 1.82 bits per heavy atom. The quantitative estimate of drug-likeness (QED) is 0.253. The highest BCUT2D eigenvalue weighted by Crippen LogP contribution is 2.37. The molecule has 0 saturated carbocycles. The predicted octanol–water partition coefficient (Wildman–Crippen LogP) is 5.63. The average Bonchev–Trinajstić information content (AvgIpc) is 3.54. The van der Waals surface area contributed by atoms with E-state index < -0.39 is 35.6 Å². The van der Waals surface area contributed by atoms with Crippen LogP contribution in [0.3, 0.4) is 0 Å². The fourth-order valence-corrected chi connectivity index (χ4v) is 5.58. The Morgan fingerprint density at radius 1 is 1.05 bits per heavy atom. The normalized spacial score (nSPS) is 17.1. The van der Waals surface area contributed by atoms with Crippen molar-refractivity contribution >= 4 is 35.3 Å². The Hall–Kier alpha value is -4.84. The molecule has 1 N–H and O–H groups in total. The molecular formula is C31H25ClF3N5O4. The van der Waals surface area contributed by atoms with E-state index in [1.807, 2.05) is 0 Å². The zero-order valence-electron chi connectivity index (χ0n) is 23.0. The number of carboxylic acids is 1. The van der Waals surface area contributed by atoms with E-state index in [2.05, 4.69) is 15.5 Å². The molecule has 44 heavy (non-hydrogen) atoms. The van der Waals surface area contributed by atoms with Gasteiger partial charge in [0.25, 0.3) is 0 Å². The Labute approximate surface area is 254 Å². The molecule has 0 spiro atoms. The van der Waals surface area contributed by atoms with E-state index in [4.69, 9.17) is 11.6 Å². The number of Topliss-reactive ketones (excluding diaryl/α,β-unsaturated/α-hetero) is 1. The highest BCUT2D eigenvalue weighted by molar-refractivity contribution is 6.30. The first-order valence-corrected chi connectivity index (χ1v) is 13.9. The van der Waals surface area contributed by atoms with Gasteiger partial charge in [-0.1, -0.05) is 41.9 Å². The summed E-state index contributed by atoms with van der Waals surface area (Å²) in [7, 11) is 0. The first-order chi connectivity index (χ1) is 21.0. The highest BCUT2D eigenvalue weighted by Gasteiger charge is 2.40. The van der Waals surface area contributed by atoms with Crippen molar-refractivity contribution in [2.45, 2.75) is 37.4 Å². The zero-order valence-corrected chi connectivity index (χ0v) is 23.7. The van der Waals surface area contributed by atoms with E-state index >= 15 is 0 Å². The topological polar surface area (TPSA) is 118 Å². The molecule has 1 aliphatic heterocycles. The smallest absolute Gasteiger partial charge is 0.416 e. The maximum absolute atomic E-state index is 13.9. The summed E-state index contributed by atoms with van der Waals surface area (Å²) in [5.74, 6) is -2.71. The Bertz CT molecular complexity index is 1710. The third-order valence-electron chi connectivity index (χ3n) is 7.46. The average molecular weight is 624 g/mol. The standard InChI is InChI=1S/C31H25ClF3N5O4/c32-24-11-12-26(40-18-36-37-38-40)22(17-24)10-13-28(42)39-14-2-5-25(21-3-1-4-23(16-21)31(33,34)35)29(39)27(41)15-19-6-8-20(9-7-19)30(43)44/h1,3-4,6-13,16-18,25,29H,2,5,14-15H2,(H,43,44)/b13-10+. The lowest BCUT2D eigenvalue weighted by atomic mass is 9.79. The monoisotopic (exact) mass is 623 g/mol. The van der Waals surface area contributed by atoms with Crippen LogP contribution in [-0.4, -0.2) is 60.5 Å². The van der Waals surface area contributed by atoms with Gasteiger partial charge >= 0.3 is 12.1 Å². The van der Waals surface area contributed by atoms with Crippen LogP contribution in [0.15, 0.2) is 79.1 Å². The number of alkyl halides is 3. The van der Waals surface area contributed by atoms with E-state index in [1.165, 1.54) is 64.5 Å². The number of likely N-dealkylation sites (tertiary alicyclic amines) is 1. The minimum absolute atomic E-state index is 0.0460. The molecule has 5 rings (SSSR count). The Balaban J connectivity index is 1.49. The van der Waals surface area contributed by atoms with Crippen LogP contribution < -0.4 is 0 Å². The van der Waals surface area contributed by atoms with Gasteiger partial charge < -0.3 is 10.0 Å². The summed E-state index contributed by atoms with van der Waals surface area (Å²) in [5.41, 5.74) is 1.08. The number of ketones is 1. The lowest BCUT2D eigenvalue weighted by Gasteiger charge is -2.40. The SMILES string of the molecule is O=C(O)c1ccc(CC(=O)C2C(c3cccc(C(F)(F)F)c3)CCCN2C(=O)/C=C/c2cc(Cl)ccc2-n2cnnn2)cc1. The van der Waals surface area contributed by atoms with E-state index in [9.17, 15) is 32.7 Å². The number of hydrogen-bond donors (Lipinski definition) is 1. The maximum Gasteiger partial charge on any atom is 0.416 e. The number of aromatic nitrogens is 4. The number of nitrogens with zero attached hydrogens (tertiary/aromatic N) is 5. The second-order valence-corrected chi connectivity index (χ2v) is 10.7. The van der Waals surface area contributed by atoms with Crippen molar-refractivity contribution in [1.29, 1.82) is 0 Å². The van der Waals surface area contributed by atoms with E-state index in [-0.39, 0.29) is 24.3 Å². The number of aromatic carboxylic acids is 1. The molecule has 1 saturated heterocycles. The lowest BCUT2D eigenvalue weighted by Crippen LogP contribution is -2.51. The summed E-state index contributed by atoms with van der Waals surface area (Å²) in [5, 5.41) is 20.7. The second kappa shape index (κ2) is 12.8. The molecular weight excluding hydrogens is 599 g/mol. The minimum atomic E-state index is -4.58. The van der Waals surface area contributed by atoms with Crippen LogP contribution >= 0.6 is 11.6 Å². The first kappa shape index (κ1) is 30.6.